The van der Waals surface area contributed by atoms with Gasteiger partial charge in [-0.3, -0.25) is 9.78 Å². The van der Waals surface area contributed by atoms with Crippen LogP contribution in [0.3, 0.4) is 0 Å². The van der Waals surface area contributed by atoms with Gasteiger partial charge >= 0.3 is 0 Å². The van der Waals surface area contributed by atoms with Crippen LogP contribution in [0.2, 0.25) is 5.02 Å². The largest absolute Gasteiger partial charge is 0.384 e. The highest BCUT2D eigenvalue weighted by molar-refractivity contribution is 6.31. The van der Waals surface area contributed by atoms with Gasteiger partial charge in [-0.2, -0.15) is 0 Å². The monoisotopic (exact) mass is 272 g/mol. The second-order valence-electron chi connectivity index (χ2n) is 4.62. The fourth-order valence-electron chi connectivity index (χ4n) is 2.30. The average Bonchev–Trinajstić information content (AvgIpc) is 2.88. The van der Waals surface area contributed by atoms with Crippen LogP contribution in [0.25, 0.3) is 0 Å². The molecule has 4 heteroatoms. The van der Waals surface area contributed by atoms with Crippen LogP contribution in [0.15, 0.2) is 36.7 Å². The van der Waals surface area contributed by atoms with Gasteiger partial charge < -0.3 is 5.32 Å². The van der Waals surface area contributed by atoms with Crippen molar-refractivity contribution in [1.29, 1.82) is 0 Å². The maximum absolute atomic E-state index is 12.3. The Bertz CT molecular complexity index is 640. The van der Waals surface area contributed by atoms with Crippen LogP contribution in [0.1, 0.15) is 21.5 Å². The number of nitrogens with one attached hydrogen (secondary N) is 1. The summed E-state index contributed by atoms with van der Waals surface area (Å²) < 4.78 is 0. The number of pyridine rings is 1. The second-order valence-corrected chi connectivity index (χ2v) is 5.02. The van der Waals surface area contributed by atoms with E-state index in [-0.39, 0.29) is 5.78 Å². The van der Waals surface area contributed by atoms with Gasteiger partial charge in [-0.25, -0.2) is 0 Å². The average molecular weight is 273 g/mol. The van der Waals surface area contributed by atoms with Gasteiger partial charge in [0, 0.05) is 36.6 Å². The van der Waals surface area contributed by atoms with Crippen LogP contribution in [-0.4, -0.2) is 17.3 Å². The van der Waals surface area contributed by atoms with Crippen molar-refractivity contribution in [2.75, 3.05) is 11.9 Å². The van der Waals surface area contributed by atoms with E-state index in [2.05, 4.69) is 10.3 Å². The molecule has 0 saturated carbocycles. The summed E-state index contributed by atoms with van der Waals surface area (Å²) in [6.45, 7) is 0.948. The number of benzene rings is 1. The van der Waals surface area contributed by atoms with Crippen molar-refractivity contribution < 1.29 is 4.79 Å². The summed E-state index contributed by atoms with van der Waals surface area (Å²) in [7, 11) is 0. The minimum Gasteiger partial charge on any atom is -0.384 e. The lowest BCUT2D eigenvalue weighted by Gasteiger charge is -2.05. The molecule has 96 valence electrons. The van der Waals surface area contributed by atoms with Crippen molar-refractivity contribution in [3.63, 3.8) is 0 Å². The third kappa shape index (κ3) is 2.47. The summed E-state index contributed by atoms with van der Waals surface area (Å²) in [4.78, 5) is 16.2. The molecule has 0 radical (unpaired) electrons. The molecule has 0 unspecified atom stereocenters. The quantitative estimate of drug-likeness (QED) is 0.873. The molecule has 1 aliphatic heterocycles. The predicted octanol–water partition coefficient (Wildman–Crippen LogP) is 3.13. The fraction of sp³-hybridized carbons (Fsp3) is 0.200. The summed E-state index contributed by atoms with van der Waals surface area (Å²) in [5.74, 6) is 0.0859. The molecule has 1 aromatic heterocycles. The fourth-order valence-corrected chi connectivity index (χ4v) is 2.49. The lowest BCUT2D eigenvalue weighted by Crippen LogP contribution is -2.04. The first-order chi connectivity index (χ1) is 9.24. The second kappa shape index (κ2) is 5.02. The lowest BCUT2D eigenvalue weighted by molar-refractivity contribution is 0.0993. The zero-order valence-electron chi connectivity index (χ0n) is 10.3. The standard InChI is InChI=1S/C15H13ClN2O/c16-13-9-17-5-3-10(13)8-15(19)12-1-2-14-11(7-12)4-6-18-14/h1-3,5,7,9,18H,4,6,8H2. The number of carbonyl (C=O) groups excluding carboxylic acids is 1. The maximum atomic E-state index is 12.3. The first-order valence-electron chi connectivity index (χ1n) is 6.22. The number of hydrogen-bond acceptors (Lipinski definition) is 3. The van der Waals surface area contributed by atoms with Crippen LogP contribution in [0.5, 0.6) is 0 Å². The Labute approximate surface area is 116 Å². The molecular formula is C15H13ClN2O. The number of anilines is 1. The highest BCUT2D eigenvalue weighted by atomic mass is 35.5. The van der Waals surface area contributed by atoms with Gasteiger partial charge in [0.25, 0.3) is 0 Å². The maximum Gasteiger partial charge on any atom is 0.167 e. The van der Waals surface area contributed by atoms with Gasteiger partial charge in [0.2, 0.25) is 0 Å². The Morgan fingerprint density at radius 1 is 1.37 bits per heavy atom. The van der Waals surface area contributed by atoms with Gasteiger partial charge in [0.15, 0.2) is 5.78 Å². The topological polar surface area (TPSA) is 42.0 Å². The molecule has 0 atom stereocenters. The number of rotatable bonds is 3. The molecule has 0 amide bonds. The number of hydrogen-bond donors (Lipinski definition) is 1. The van der Waals surface area contributed by atoms with E-state index in [0.29, 0.717) is 11.4 Å². The van der Waals surface area contributed by atoms with Crippen LogP contribution < -0.4 is 5.32 Å². The van der Waals surface area contributed by atoms with Gasteiger partial charge in [-0.05, 0) is 41.8 Å². The number of halogens is 1. The molecule has 0 fully saturated rings. The number of Topliss-reactive ketones (excluding diaryl/α,β-unsaturated/α-hetero) is 1. The summed E-state index contributed by atoms with van der Waals surface area (Å²) in [6, 6.07) is 7.61. The Kier molecular flexibility index (Phi) is 3.22. The van der Waals surface area contributed by atoms with Gasteiger partial charge in [-0.15, -0.1) is 0 Å². The lowest BCUT2D eigenvalue weighted by atomic mass is 10.0. The molecule has 0 saturated heterocycles. The van der Waals surface area contributed by atoms with Crippen molar-refractivity contribution >= 4 is 23.1 Å². The molecule has 3 nitrogen and oxygen atoms in total. The predicted molar refractivity (Wildman–Crippen MR) is 75.9 cm³/mol. The van der Waals surface area contributed by atoms with Gasteiger partial charge in [-0.1, -0.05) is 11.6 Å². The first kappa shape index (κ1) is 12.2. The molecule has 0 aliphatic carbocycles. The third-order valence-corrected chi connectivity index (χ3v) is 3.68. The van der Waals surface area contributed by atoms with Crippen molar-refractivity contribution in [1.82, 2.24) is 4.98 Å². The number of ketones is 1. The Morgan fingerprint density at radius 3 is 3.11 bits per heavy atom. The van der Waals surface area contributed by atoms with Crippen molar-refractivity contribution in [3.8, 4) is 0 Å². The zero-order valence-corrected chi connectivity index (χ0v) is 11.1. The molecule has 0 spiro atoms. The molecule has 19 heavy (non-hydrogen) atoms. The van der Waals surface area contributed by atoms with E-state index in [9.17, 15) is 4.79 Å². The van der Waals surface area contributed by atoms with Crippen LogP contribution >= 0.6 is 11.6 Å². The van der Waals surface area contributed by atoms with E-state index in [1.165, 1.54) is 5.56 Å². The minimum absolute atomic E-state index is 0.0859. The molecule has 1 aliphatic rings. The summed E-state index contributed by atoms with van der Waals surface area (Å²) in [5.41, 5.74) is 3.92. The molecule has 2 aromatic rings. The minimum atomic E-state index is 0.0859. The van der Waals surface area contributed by atoms with E-state index < -0.39 is 0 Å². The number of carbonyl (C=O) groups is 1. The van der Waals surface area contributed by atoms with Crippen molar-refractivity contribution in [3.05, 3.63) is 58.4 Å². The van der Waals surface area contributed by atoms with E-state index >= 15 is 0 Å². The van der Waals surface area contributed by atoms with Crippen LogP contribution in [-0.2, 0) is 12.8 Å². The highest BCUT2D eigenvalue weighted by Gasteiger charge is 2.14. The van der Waals surface area contributed by atoms with E-state index in [0.717, 1.165) is 29.8 Å². The first-order valence-corrected chi connectivity index (χ1v) is 6.60. The number of aromatic nitrogens is 1. The van der Waals surface area contributed by atoms with Crippen molar-refractivity contribution in [2.45, 2.75) is 12.8 Å². The van der Waals surface area contributed by atoms with E-state index in [4.69, 9.17) is 11.6 Å². The summed E-state index contributed by atoms with van der Waals surface area (Å²) in [6.07, 6.45) is 4.51. The molecule has 0 bridgehead atoms. The van der Waals surface area contributed by atoms with E-state index in [1.54, 1.807) is 18.5 Å². The zero-order chi connectivity index (χ0) is 13.2. The highest BCUT2D eigenvalue weighted by Crippen LogP contribution is 2.24. The normalized spacial score (nSPS) is 12.9. The molecule has 2 heterocycles. The molecule has 1 aromatic carbocycles. The third-order valence-electron chi connectivity index (χ3n) is 3.34. The Morgan fingerprint density at radius 2 is 2.26 bits per heavy atom. The van der Waals surface area contributed by atoms with Gasteiger partial charge in [0.05, 0.1) is 5.02 Å². The Balaban J connectivity index is 1.83. The summed E-state index contributed by atoms with van der Waals surface area (Å²) >= 11 is 6.02. The van der Waals surface area contributed by atoms with Crippen LogP contribution in [0, 0.1) is 0 Å². The number of nitrogens with zero attached hydrogens (tertiary/aromatic N) is 1. The SMILES string of the molecule is O=C(Cc1ccncc1Cl)c1ccc2c(c1)CCN2. The molecular weight excluding hydrogens is 260 g/mol. The van der Waals surface area contributed by atoms with Crippen molar-refractivity contribution in [2.24, 2.45) is 0 Å². The van der Waals surface area contributed by atoms with Gasteiger partial charge in [0.1, 0.15) is 0 Å². The molecule has 3 rings (SSSR count). The summed E-state index contributed by atoms with van der Waals surface area (Å²) in [5, 5.41) is 3.82. The molecule has 1 N–H and O–H groups in total. The van der Waals surface area contributed by atoms with E-state index in [1.807, 2.05) is 18.2 Å². The number of fused-ring (bicyclic) bond motifs is 1. The Hall–Kier alpha value is -1.87. The smallest absolute Gasteiger partial charge is 0.167 e. The van der Waals surface area contributed by atoms with Crippen LogP contribution in [0.4, 0.5) is 5.69 Å².